The van der Waals surface area contributed by atoms with E-state index in [0.29, 0.717) is 10.6 Å². The topological polar surface area (TPSA) is 26.0 Å². The molecule has 0 saturated heterocycles. The van der Waals surface area contributed by atoms with E-state index in [-0.39, 0.29) is 11.1 Å². The van der Waals surface area contributed by atoms with Crippen LogP contribution in [0, 0.1) is 18.6 Å². The van der Waals surface area contributed by atoms with Crippen LogP contribution >= 0.6 is 27.5 Å². The highest BCUT2D eigenvalue weighted by Gasteiger charge is 2.18. The number of hydrogen-bond donors (Lipinski definition) is 1. The van der Waals surface area contributed by atoms with E-state index in [1.807, 2.05) is 0 Å². The van der Waals surface area contributed by atoms with Crippen LogP contribution < -0.4 is 5.73 Å². The second kappa shape index (κ2) is 5.57. The highest BCUT2D eigenvalue weighted by molar-refractivity contribution is 9.10. The van der Waals surface area contributed by atoms with Gasteiger partial charge in [-0.1, -0.05) is 33.6 Å². The van der Waals surface area contributed by atoms with Crippen molar-refractivity contribution in [3.63, 3.8) is 0 Å². The number of halogens is 4. The zero-order valence-corrected chi connectivity index (χ0v) is 12.4. The maximum atomic E-state index is 13.9. The molecule has 2 rings (SSSR count). The summed E-state index contributed by atoms with van der Waals surface area (Å²) in [7, 11) is 0. The summed E-state index contributed by atoms with van der Waals surface area (Å²) in [6, 6.07) is 6.55. The second-order valence-corrected chi connectivity index (χ2v) is 5.59. The quantitative estimate of drug-likeness (QED) is 0.835. The number of hydrogen-bond acceptors (Lipinski definition) is 1. The summed E-state index contributed by atoms with van der Waals surface area (Å²) in [6.45, 7) is 1.50. The van der Waals surface area contributed by atoms with Crippen LogP contribution in [0.25, 0.3) is 0 Å². The average molecular weight is 347 g/mol. The molecule has 0 aliphatic heterocycles. The first-order valence-electron chi connectivity index (χ1n) is 5.56. The van der Waals surface area contributed by atoms with E-state index in [2.05, 4.69) is 15.9 Å². The maximum absolute atomic E-state index is 13.9. The SMILES string of the molecule is Cc1cc(F)c(C(N)c2ccc(Br)cc2Cl)cc1F. The van der Waals surface area contributed by atoms with Gasteiger partial charge < -0.3 is 5.73 Å². The van der Waals surface area contributed by atoms with Gasteiger partial charge in [0, 0.05) is 15.1 Å². The lowest BCUT2D eigenvalue weighted by atomic mass is 9.98. The van der Waals surface area contributed by atoms with Crippen molar-refractivity contribution in [3.8, 4) is 0 Å². The molecular formula is C14H11BrClF2N. The molecule has 1 atom stereocenters. The highest BCUT2D eigenvalue weighted by Crippen LogP contribution is 2.31. The Bertz CT molecular complexity index is 631. The predicted octanol–water partition coefficient (Wildman–Crippen LogP) is 4.74. The molecule has 2 N–H and O–H groups in total. The Kier molecular flexibility index (Phi) is 4.23. The molecule has 1 unspecified atom stereocenters. The minimum absolute atomic E-state index is 0.0901. The molecule has 100 valence electrons. The van der Waals surface area contributed by atoms with Gasteiger partial charge in [-0.25, -0.2) is 8.78 Å². The summed E-state index contributed by atoms with van der Waals surface area (Å²) in [4.78, 5) is 0. The van der Waals surface area contributed by atoms with Gasteiger partial charge in [0.1, 0.15) is 11.6 Å². The third-order valence-electron chi connectivity index (χ3n) is 2.91. The summed E-state index contributed by atoms with van der Waals surface area (Å²) in [5.41, 5.74) is 6.86. The van der Waals surface area contributed by atoms with E-state index >= 15 is 0 Å². The molecule has 0 bridgehead atoms. The van der Waals surface area contributed by atoms with E-state index in [4.69, 9.17) is 17.3 Å². The number of aryl methyl sites for hydroxylation is 1. The van der Waals surface area contributed by atoms with Crippen LogP contribution in [0.15, 0.2) is 34.8 Å². The molecule has 0 aromatic heterocycles. The summed E-state index contributed by atoms with van der Waals surface area (Å²) in [6.07, 6.45) is 0. The van der Waals surface area contributed by atoms with Gasteiger partial charge in [-0.3, -0.25) is 0 Å². The molecule has 0 saturated carbocycles. The number of nitrogens with two attached hydrogens (primary N) is 1. The first kappa shape index (κ1) is 14.4. The molecule has 2 aromatic rings. The lowest BCUT2D eigenvalue weighted by Crippen LogP contribution is -2.15. The van der Waals surface area contributed by atoms with Gasteiger partial charge in [-0.2, -0.15) is 0 Å². The Hall–Kier alpha value is -0.970. The van der Waals surface area contributed by atoms with Crippen molar-refractivity contribution in [2.45, 2.75) is 13.0 Å². The molecule has 5 heteroatoms. The van der Waals surface area contributed by atoms with Gasteiger partial charge in [0.05, 0.1) is 6.04 Å². The highest BCUT2D eigenvalue weighted by atomic mass is 79.9. The van der Waals surface area contributed by atoms with Crippen molar-refractivity contribution in [1.29, 1.82) is 0 Å². The molecule has 0 aliphatic rings. The van der Waals surface area contributed by atoms with Crippen molar-refractivity contribution in [2.75, 3.05) is 0 Å². The summed E-state index contributed by atoms with van der Waals surface area (Å²) < 4.78 is 28.2. The van der Waals surface area contributed by atoms with Crippen LogP contribution in [-0.4, -0.2) is 0 Å². The Morgan fingerprint density at radius 1 is 1.11 bits per heavy atom. The van der Waals surface area contributed by atoms with Gasteiger partial charge in [-0.15, -0.1) is 0 Å². The van der Waals surface area contributed by atoms with Crippen molar-refractivity contribution in [1.82, 2.24) is 0 Å². The standard InChI is InChI=1S/C14H11BrClF2N/c1-7-4-13(18)10(6-12(7)17)14(19)9-3-2-8(15)5-11(9)16/h2-6,14H,19H2,1H3. The van der Waals surface area contributed by atoms with Crippen molar-refractivity contribution in [3.05, 3.63) is 68.2 Å². The normalized spacial score (nSPS) is 12.5. The Balaban J connectivity index is 2.49. The van der Waals surface area contributed by atoms with Crippen molar-refractivity contribution in [2.24, 2.45) is 5.73 Å². The number of benzene rings is 2. The minimum Gasteiger partial charge on any atom is -0.320 e. The molecule has 19 heavy (non-hydrogen) atoms. The fraction of sp³-hybridized carbons (Fsp3) is 0.143. The van der Waals surface area contributed by atoms with Crippen LogP contribution in [0.1, 0.15) is 22.7 Å². The molecule has 0 amide bonds. The Morgan fingerprint density at radius 3 is 2.42 bits per heavy atom. The van der Waals surface area contributed by atoms with Gasteiger partial charge in [0.2, 0.25) is 0 Å². The fourth-order valence-corrected chi connectivity index (χ4v) is 2.61. The summed E-state index contributed by atoms with van der Waals surface area (Å²) in [5, 5.41) is 0.405. The van der Waals surface area contributed by atoms with Crippen LogP contribution in [0.4, 0.5) is 8.78 Å². The van der Waals surface area contributed by atoms with Crippen molar-refractivity contribution < 1.29 is 8.78 Å². The largest absolute Gasteiger partial charge is 0.320 e. The van der Waals surface area contributed by atoms with E-state index in [1.165, 1.54) is 6.92 Å². The van der Waals surface area contributed by atoms with Gasteiger partial charge in [0.15, 0.2) is 0 Å². The molecule has 0 heterocycles. The number of rotatable bonds is 2. The fourth-order valence-electron chi connectivity index (χ4n) is 1.82. The summed E-state index contributed by atoms with van der Waals surface area (Å²) >= 11 is 9.35. The van der Waals surface area contributed by atoms with Crippen molar-refractivity contribution >= 4 is 27.5 Å². The smallest absolute Gasteiger partial charge is 0.128 e. The third kappa shape index (κ3) is 2.96. The monoisotopic (exact) mass is 345 g/mol. The molecule has 2 aromatic carbocycles. The predicted molar refractivity (Wildman–Crippen MR) is 76.3 cm³/mol. The van der Waals surface area contributed by atoms with Crippen LogP contribution in [0.3, 0.4) is 0 Å². The van der Waals surface area contributed by atoms with Gasteiger partial charge in [0.25, 0.3) is 0 Å². The van der Waals surface area contributed by atoms with E-state index in [0.717, 1.165) is 16.6 Å². The average Bonchev–Trinajstić information content (AvgIpc) is 2.33. The van der Waals surface area contributed by atoms with Gasteiger partial charge in [-0.05, 0) is 42.3 Å². The van der Waals surface area contributed by atoms with E-state index in [1.54, 1.807) is 18.2 Å². The molecule has 1 nitrogen and oxygen atoms in total. The minimum atomic E-state index is -0.810. The third-order valence-corrected chi connectivity index (χ3v) is 3.73. The Morgan fingerprint density at radius 2 is 1.79 bits per heavy atom. The van der Waals surface area contributed by atoms with E-state index in [9.17, 15) is 8.78 Å². The summed E-state index contributed by atoms with van der Waals surface area (Å²) in [5.74, 6) is -1.02. The molecule has 0 radical (unpaired) electrons. The van der Waals surface area contributed by atoms with Gasteiger partial charge >= 0.3 is 0 Å². The first-order valence-corrected chi connectivity index (χ1v) is 6.73. The molecule has 0 aliphatic carbocycles. The zero-order chi connectivity index (χ0) is 14.2. The molecule has 0 fully saturated rings. The zero-order valence-electron chi connectivity index (χ0n) is 10.1. The van der Waals surface area contributed by atoms with Crippen LogP contribution in [-0.2, 0) is 0 Å². The Labute approximate surface area is 123 Å². The van der Waals surface area contributed by atoms with E-state index < -0.39 is 17.7 Å². The van der Waals surface area contributed by atoms with Crippen LogP contribution in [0.5, 0.6) is 0 Å². The maximum Gasteiger partial charge on any atom is 0.128 e. The molecular weight excluding hydrogens is 336 g/mol. The lowest BCUT2D eigenvalue weighted by Gasteiger charge is -2.16. The van der Waals surface area contributed by atoms with Crippen LogP contribution in [0.2, 0.25) is 5.02 Å². The molecule has 0 spiro atoms. The second-order valence-electron chi connectivity index (χ2n) is 4.27. The lowest BCUT2D eigenvalue weighted by molar-refractivity contribution is 0.570. The first-order chi connectivity index (χ1) is 8.90.